The van der Waals surface area contributed by atoms with Gasteiger partial charge >= 0.3 is 6.18 Å². The Morgan fingerprint density at radius 3 is 2.62 bits per heavy atom. The number of fused-ring (bicyclic) bond motifs is 1. The summed E-state index contributed by atoms with van der Waals surface area (Å²) >= 11 is 0. The molecular weight excluding hydrogens is 487 g/mol. The zero-order valence-corrected chi connectivity index (χ0v) is 19.9. The van der Waals surface area contributed by atoms with E-state index in [9.17, 15) is 22.8 Å². The molecular formula is C27H24F3N3O4. The van der Waals surface area contributed by atoms with Gasteiger partial charge in [-0.05, 0) is 60.0 Å². The Morgan fingerprint density at radius 2 is 1.86 bits per heavy atom. The molecule has 2 aromatic carbocycles. The monoisotopic (exact) mass is 511 g/mol. The number of hydrogen-bond donors (Lipinski definition) is 2. The highest BCUT2D eigenvalue weighted by molar-refractivity contribution is 6.05. The summed E-state index contributed by atoms with van der Waals surface area (Å²) < 4.78 is 50.8. The molecule has 7 nitrogen and oxygen atoms in total. The van der Waals surface area contributed by atoms with Crippen LogP contribution in [0.3, 0.4) is 0 Å². The third-order valence-corrected chi connectivity index (χ3v) is 6.59. The second kappa shape index (κ2) is 9.51. The summed E-state index contributed by atoms with van der Waals surface area (Å²) in [6.07, 6.45) is -2.18. The maximum Gasteiger partial charge on any atom is 0.433 e. The van der Waals surface area contributed by atoms with Crippen molar-refractivity contribution in [1.82, 2.24) is 4.98 Å². The number of benzene rings is 2. The molecule has 0 atom stereocenters. The van der Waals surface area contributed by atoms with Crippen molar-refractivity contribution in [1.29, 1.82) is 0 Å². The normalized spacial score (nSPS) is 16.8. The Bertz CT molecular complexity index is 1370. The summed E-state index contributed by atoms with van der Waals surface area (Å²) in [5.41, 5.74) is 1.52. The number of ether oxygens (including phenoxy) is 2. The second-order valence-electron chi connectivity index (χ2n) is 9.24. The molecule has 192 valence electrons. The maximum absolute atomic E-state index is 13.0. The van der Waals surface area contributed by atoms with Crippen molar-refractivity contribution in [2.45, 2.75) is 38.0 Å². The minimum atomic E-state index is -4.62. The fourth-order valence-electron chi connectivity index (χ4n) is 4.60. The fraction of sp³-hybridized carbons (Fsp3) is 0.296. The number of alkyl halides is 3. The highest BCUT2D eigenvalue weighted by atomic mass is 19.4. The number of nitrogens with one attached hydrogen (secondary N) is 2. The van der Waals surface area contributed by atoms with Gasteiger partial charge < -0.3 is 20.1 Å². The molecule has 3 aromatic rings. The number of amides is 2. The number of rotatable bonds is 3. The first-order valence-electron chi connectivity index (χ1n) is 11.8. The molecule has 1 saturated heterocycles. The molecule has 0 bridgehead atoms. The molecule has 5 rings (SSSR count). The van der Waals surface area contributed by atoms with Gasteiger partial charge in [-0.2, -0.15) is 13.2 Å². The van der Waals surface area contributed by atoms with Gasteiger partial charge in [-0.25, -0.2) is 0 Å². The van der Waals surface area contributed by atoms with Crippen LogP contribution in [-0.2, 0) is 15.7 Å². The lowest BCUT2D eigenvalue weighted by atomic mass is 9.90. The molecule has 1 aromatic heterocycles. The van der Waals surface area contributed by atoms with E-state index in [1.807, 2.05) is 19.1 Å². The Balaban J connectivity index is 1.44. The number of aromatic nitrogens is 1. The van der Waals surface area contributed by atoms with Crippen LogP contribution in [0.15, 0.2) is 54.7 Å². The van der Waals surface area contributed by atoms with E-state index in [2.05, 4.69) is 15.6 Å². The van der Waals surface area contributed by atoms with E-state index in [1.54, 1.807) is 24.3 Å². The van der Waals surface area contributed by atoms with Gasteiger partial charge in [0, 0.05) is 30.3 Å². The quantitative estimate of drug-likeness (QED) is 0.478. The Morgan fingerprint density at radius 1 is 1.08 bits per heavy atom. The van der Waals surface area contributed by atoms with Crippen LogP contribution in [0.1, 0.15) is 40.9 Å². The van der Waals surface area contributed by atoms with Crippen LogP contribution in [0.25, 0.3) is 11.1 Å². The van der Waals surface area contributed by atoms with Gasteiger partial charge in [0.15, 0.2) is 0 Å². The summed E-state index contributed by atoms with van der Waals surface area (Å²) in [6, 6.07) is 12.6. The van der Waals surface area contributed by atoms with Crippen LogP contribution < -0.4 is 15.4 Å². The van der Waals surface area contributed by atoms with E-state index < -0.39 is 23.4 Å². The number of hydrogen-bond acceptors (Lipinski definition) is 5. The molecule has 1 fully saturated rings. The number of carbonyl (C=O) groups is 2. The van der Waals surface area contributed by atoms with Crippen molar-refractivity contribution in [3.05, 3.63) is 71.5 Å². The van der Waals surface area contributed by atoms with Crippen molar-refractivity contribution < 1.29 is 32.2 Å². The number of carbonyl (C=O) groups excluding carboxylic acids is 2. The minimum absolute atomic E-state index is 0.00891. The maximum atomic E-state index is 13.0. The van der Waals surface area contributed by atoms with E-state index in [0.29, 0.717) is 37.5 Å². The first kappa shape index (κ1) is 24.8. The predicted octanol–water partition coefficient (Wildman–Crippen LogP) is 5.60. The van der Waals surface area contributed by atoms with Crippen LogP contribution in [0.2, 0.25) is 0 Å². The fourth-order valence-corrected chi connectivity index (χ4v) is 4.60. The molecule has 2 aliphatic heterocycles. The van der Waals surface area contributed by atoms with Gasteiger partial charge in [0.2, 0.25) is 5.91 Å². The number of halogens is 3. The minimum Gasteiger partial charge on any atom is -0.484 e. The first-order valence-corrected chi connectivity index (χ1v) is 11.8. The van der Waals surface area contributed by atoms with Crippen LogP contribution in [0, 0.1) is 6.92 Å². The largest absolute Gasteiger partial charge is 0.484 e. The molecule has 2 amide bonds. The lowest BCUT2D eigenvalue weighted by Gasteiger charge is -2.35. The molecule has 0 unspecified atom stereocenters. The number of anilines is 2. The van der Waals surface area contributed by atoms with Crippen LogP contribution in [0.4, 0.5) is 24.5 Å². The first-order chi connectivity index (χ1) is 17.6. The SMILES string of the molecule is Cc1ccc(C(=O)Nc2ccnc(C(F)(F)F)c2)cc1-c1ccc2c(c1)OC1(CCOCC1)CC(=O)N2. The third kappa shape index (κ3) is 5.29. The Hall–Kier alpha value is -3.92. The number of aryl methyl sites for hydroxylation is 1. The molecule has 2 aliphatic rings. The van der Waals surface area contributed by atoms with Crippen molar-refractivity contribution >= 4 is 23.2 Å². The van der Waals surface area contributed by atoms with Crippen LogP contribution >= 0.6 is 0 Å². The predicted molar refractivity (Wildman–Crippen MR) is 130 cm³/mol. The van der Waals surface area contributed by atoms with E-state index in [0.717, 1.165) is 29.0 Å². The summed E-state index contributed by atoms with van der Waals surface area (Å²) in [5.74, 6) is -0.135. The van der Waals surface area contributed by atoms with E-state index in [1.165, 1.54) is 6.07 Å². The highest BCUT2D eigenvalue weighted by Gasteiger charge is 2.40. The smallest absolute Gasteiger partial charge is 0.433 e. The average molecular weight is 512 g/mol. The molecule has 0 aliphatic carbocycles. The Kier molecular flexibility index (Phi) is 6.36. The van der Waals surface area contributed by atoms with Crippen molar-refractivity contribution in [3.63, 3.8) is 0 Å². The van der Waals surface area contributed by atoms with Gasteiger partial charge in [-0.1, -0.05) is 12.1 Å². The Labute approximate surface area is 211 Å². The average Bonchev–Trinajstić information content (AvgIpc) is 2.98. The molecule has 3 heterocycles. The lowest BCUT2D eigenvalue weighted by Crippen LogP contribution is -2.43. The van der Waals surface area contributed by atoms with E-state index in [4.69, 9.17) is 9.47 Å². The lowest BCUT2D eigenvalue weighted by molar-refractivity contribution is -0.141. The molecule has 2 N–H and O–H groups in total. The topological polar surface area (TPSA) is 89.6 Å². The molecule has 37 heavy (non-hydrogen) atoms. The standard InChI is InChI=1S/C27H24F3N3O4/c1-16-2-3-18(25(35)32-19-6-9-31-23(14-19)27(28,29)30)12-20(16)17-4-5-21-22(13-17)37-26(15-24(34)33-21)7-10-36-11-8-26/h2-6,9,12-14H,7-8,10-11,15H2,1H3,(H,33,34)(H,31,32,35). The van der Waals surface area contributed by atoms with Crippen LogP contribution in [0.5, 0.6) is 5.75 Å². The molecule has 0 saturated carbocycles. The van der Waals surface area contributed by atoms with Gasteiger partial charge in [0.1, 0.15) is 17.0 Å². The van der Waals surface area contributed by atoms with Gasteiger partial charge in [-0.15, -0.1) is 0 Å². The van der Waals surface area contributed by atoms with Gasteiger partial charge in [-0.3, -0.25) is 14.6 Å². The van der Waals surface area contributed by atoms with Gasteiger partial charge in [0.25, 0.3) is 5.91 Å². The van der Waals surface area contributed by atoms with Gasteiger partial charge in [0.05, 0.1) is 25.3 Å². The number of nitrogens with zero attached hydrogens (tertiary/aromatic N) is 1. The van der Waals surface area contributed by atoms with E-state index in [-0.39, 0.29) is 23.6 Å². The molecule has 1 spiro atoms. The number of pyridine rings is 1. The summed E-state index contributed by atoms with van der Waals surface area (Å²) in [5, 5.41) is 5.41. The summed E-state index contributed by atoms with van der Waals surface area (Å²) in [6.45, 7) is 2.92. The molecule has 0 radical (unpaired) electrons. The summed E-state index contributed by atoms with van der Waals surface area (Å²) in [4.78, 5) is 28.7. The van der Waals surface area contributed by atoms with E-state index >= 15 is 0 Å². The molecule has 10 heteroatoms. The van der Waals surface area contributed by atoms with Crippen molar-refractivity contribution in [2.24, 2.45) is 0 Å². The zero-order valence-electron chi connectivity index (χ0n) is 19.9. The van der Waals surface area contributed by atoms with Crippen molar-refractivity contribution in [2.75, 3.05) is 23.8 Å². The van der Waals surface area contributed by atoms with Crippen LogP contribution in [-0.4, -0.2) is 35.6 Å². The zero-order chi connectivity index (χ0) is 26.2. The second-order valence-corrected chi connectivity index (χ2v) is 9.24. The van der Waals surface area contributed by atoms with Crippen molar-refractivity contribution in [3.8, 4) is 16.9 Å². The third-order valence-electron chi connectivity index (χ3n) is 6.59. The summed E-state index contributed by atoms with van der Waals surface area (Å²) in [7, 11) is 0. The highest BCUT2D eigenvalue weighted by Crippen LogP contribution is 2.40.